The van der Waals surface area contributed by atoms with Crippen molar-refractivity contribution in [1.29, 1.82) is 0 Å². The van der Waals surface area contributed by atoms with E-state index in [1.54, 1.807) is 0 Å². The maximum Gasteiger partial charge on any atom is 0.182 e. The minimum absolute atomic E-state index is 0.601. The summed E-state index contributed by atoms with van der Waals surface area (Å²) >= 11 is 5.98. The molecule has 0 amide bonds. The third-order valence-electron chi connectivity index (χ3n) is 4.44. The summed E-state index contributed by atoms with van der Waals surface area (Å²) in [5.74, 6) is 0.601. The average Bonchev–Trinajstić information content (AvgIpc) is 2.68. The number of rotatable bonds is 1. The predicted molar refractivity (Wildman–Crippen MR) is 103 cm³/mol. The Balaban J connectivity index is 1.91. The van der Waals surface area contributed by atoms with Crippen LogP contribution in [0.1, 0.15) is 0 Å². The Morgan fingerprint density at radius 3 is 1.76 bits per heavy atom. The third kappa shape index (κ3) is 2.24. The van der Waals surface area contributed by atoms with Crippen molar-refractivity contribution in [1.82, 2.24) is 15.2 Å². The third-order valence-corrected chi connectivity index (χ3v) is 4.70. The van der Waals surface area contributed by atoms with Gasteiger partial charge in [0.25, 0.3) is 0 Å². The Labute approximate surface area is 148 Å². The van der Waals surface area contributed by atoms with Gasteiger partial charge in [0.15, 0.2) is 5.82 Å². The average molecular weight is 342 g/mol. The van der Waals surface area contributed by atoms with Crippen LogP contribution in [0.2, 0.25) is 5.02 Å². The van der Waals surface area contributed by atoms with Crippen molar-refractivity contribution in [3.8, 4) is 11.4 Å². The maximum atomic E-state index is 5.98. The molecule has 0 spiro atoms. The highest BCUT2D eigenvalue weighted by atomic mass is 35.5. The van der Waals surface area contributed by atoms with E-state index in [1.807, 2.05) is 42.5 Å². The van der Waals surface area contributed by atoms with Crippen molar-refractivity contribution >= 4 is 44.2 Å². The molecule has 5 aromatic rings. The van der Waals surface area contributed by atoms with E-state index in [0.29, 0.717) is 10.8 Å². The van der Waals surface area contributed by atoms with E-state index in [2.05, 4.69) is 40.5 Å². The summed E-state index contributed by atoms with van der Waals surface area (Å²) in [4.78, 5) is 4.84. The van der Waals surface area contributed by atoms with E-state index in [0.717, 1.165) is 27.4 Å². The zero-order chi connectivity index (χ0) is 16.8. The Hall–Kier alpha value is -3.04. The van der Waals surface area contributed by atoms with Gasteiger partial charge in [-0.05, 0) is 35.0 Å². The lowest BCUT2D eigenvalue weighted by Crippen LogP contribution is -1.96. The van der Waals surface area contributed by atoms with E-state index < -0.39 is 0 Å². The summed E-state index contributed by atoms with van der Waals surface area (Å²) in [5, 5.41) is 14.1. The monoisotopic (exact) mass is 341 g/mol. The molecule has 0 bridgehead atoms. The maximum absolute atomic E-state index is 5.98. The van der Waals surface area contributed by atoms with Gasteiger partial charge in [-0.1, -0.05) is 60.1 Å². The zero-order valence-corrected chi connectivity index (χ0v) is 13.9. The molecule has 0 saturated heterocycles. The molecule has 4 aromatic carbocycles. The quantitative estimate of drug-likeness (QED) is 0.370. The smallest absolute Gasteiger partial charge is 0.182 e. The molecule has 0 aliphatic rings. The highest BCUT2D eigenvalue weighted by Crippen LogP contribution is 2.33. The van der Waals surface area contributed by atoms with Gasteiger partial charge < -0.3 is 0 Å². The minimum atomic E-state index is 0.601. The van der Waals surface area contributed by atoms with Crippen LogP contribution >= 0.6 is 11.6 Å². The van der Waals surface area contributed by atoms with Crippen LogP contribution in [0.15, 0.2) is 72.8 Å². The van der Waals surface area contributed by atoms with Crippen LogP contribution < -0.4 is 0 Å². The fourth-order valence-electron chi connectivity index (χ4n) is 3.27. The molecule has 5 rings (SSSR count). The molecule has 0 radical (unpaired) electrons. The number of nitrogens with zero attached hydrogens (tertiary/aromatic N) is 3. The van der Waals surface area contributed by atoms with Gasteiger partial charge in [0.05, 0.1) is 0 Å². The van der Waals surface area contributed by atoms with Crippen molar-refractivity contribution in [3.05, 3.63) is 77.8 Å². The largest absolute Gasteiger partial charge is 0.224 e. The molecule has 0 aliphatic heterocycles. The Kier molecular flexibility index (Phi) is 3.15. The van der Waals surface area contributed by atoms with E-state index >= 15 is 0 Å². The molecule has 0 aliphatic carbocycles. The van der Waals surface area contributed by atoms with E-state index in [-0.39, 0.29) is 0 Å². The SMILES string of the molecule is Clc1ccc(-c2nnc3c4ccccc4c4ccccc4c3n2)cc1. The minimum Gasteiger partial charge on any atom is -0.224 e. The lowest BCUT2D eigenvalue weighted by Gasteiger charge is -2.09. The van der Waals surface area contributed by atoms with Crippen molar-refractivity contribution < 1.29 is 0 Å². The van der Waals surface area contributed by atoms with Crippen molar-refractivity contribution in [2.45, 2.75) is 0 Å². The second-order valence-corrected chi connectivity index (χ2v) is 6.37. The van der Waals surface area contributed by atoms with Gasteiger partial charge in [0.2, 0.25) is 0 Å². The summed E-state index contributed by atoms with van der Waals surface area (Å²) in [6.45, 7) is 0. The number of benzene rings is 4. The topological polar surface area (TPSA) is 38.7 Å². The molecule has 25 heavy (non-hydrogen) atoms. The summed E-state index contributed by atoms with van der Waals surface area (Å²) in [6.07, 6.45) is 0. The second-order valence-electron chi connectivity index (χ2n) is 5.93. The number of hydrogen-bond acceptors (Lipinski definition) is 3. The van der Waals surface area contributed by atoms with Gasteiger partial charge in [-0.2, -0.15) is 0 Å². The molecular formula is C21H12ClN3. The van der Waals surface area contributed by atoms with Gasteiger partial charge in [-0.15, -0.1) is 10.2 Å². The zero-order valence-electron chi connectivity index (χ0n) is 13.1. The van der Waals surface area contributed by atoms with Crippen molar-refractivity contribution in [2.24, 2.45) is 0 Å². The summed E-state index contributed by atoms with van der Waals surface area (Å²) in [7, 11) is 0. The number of fused-ring (bicyclic) bond motifs is 6. The van der Waals surface area contributed by atoms with Gasteiger partial charge in [-0.3, -0.25) is 0 Å². The van der Waals surface area contributed by atoms with Crippen LogP contribution in [0.3, 0.4) is 0 Å². The molecular weight excluding hydrogens is 330 g/mol. The van der Waals surface area contributed by atoms with Crippen LogP contribution in [0.4, 0.5) is 0 Å². The van der Waals surface area contributed by atoms with E-state index in [1.165, 1.54) is 10.8 Å². The van der Waals surface area contributed by atoms with Gasteiger partial charge in [0, 0.05) is 21.4 Å². The normalized spacial score (nSPS) is 11.4. The molecule has 3 nitrogen and oxygen atoms in total. The van der Waals surface area contributed by atoms with Crippen LogP contribution in [0.25, 0.3) is 44.0 Å². The number of aromatic nitrogens is 3. The standard InChI is InChI=1S/C21H12ClN3/c22-14-11-9-13(10-12-14)21-23-19-17-7-3-1-5-15(17)16-6-2-4-8-18(16)20(19)24-25-21/h1-12H. The van der Waals surface area contributed by atoms with Crippen LogP contribution in [-0.2, 0) is 0 Å². The summed E-state index contributed by atoms with van der Waals surface area (Å²) < 4.78 is 0. The Morgan fingerprint density at radius 1 is 0.560 bits per heavy atom. The lowest BCUT2D eigenvalue weighted by molar-refractivity contribution is 1.04. The predicted octanol–water partition coefficient (Wildman–Crippen LogP) is 5.65. The molecule has 4 heteroatoms. The first-order valence-corrected chi connectivity index (χ1v) is 8.39. The molecule has 0 saturated carbocycles. The molecule has 0 atom stereocenters. The van der Waals surface area contributed by atoms with Crippen molar-refractivity contribution in [3.63, 3.8) is 0 Å². The molecule has 1 heterocycles. The molecule has 1 aromatic heterocycles. The number of hydrogen-bond donors (Lipinski definition) is 0. The molecule has 0 fully saturated rings. The van der Waals surface area contributed by atoms with Crippen LogP contribution in [-0.4, -0.2) is 15.2 Å². The highest BCUT2D eigenvalue weighted by Gasteiger charge is 2.12. The second kappa shape index (κ2) is 5.50. The van der Waals surface area contributed by atoms with E-state index in [9.17, 15) is 0 Å². The first kappa shape index (κ1) is 14.3. The molecule has 118 valence electrons. The first-order chi connectivity index (χ1) is 12.3. The van der Waals surface area contributed by atoms with Gasteiger partial charge in [0.1, 0.15) is 11.0 Å². The lowest BCUT2D eigenvalue weighted by atomic mass is 10.00. The van der Waals surface area contributed by atoms with E-state index in [4.69, 9.17) is 16.6 Å². The van der Waals surface area contributed by atoms with Gasteiger partial charge in [-0.25, -0.2) is 4.98 Å². The first-order valence-electron chi connectivity index (χ1n) is 8.01. The summed E-state index contributed by atoms with van der Waals surface area (Å²) in [5.41, 5.74) is 2.59. The van der Waals surface area contributed by atoms with Gasteiger partial charge >= 0.3 is 0 Å². The Bertz CT molecular complexity index is 1210. The summed E-state index contributed by atoms with van der Waals surface area (Å²) in [6, 6.07) is 24.0. The van der Waals surface area contributed by atoms with Crippen LogP contribution in [0, 0.1) is 0 Å². The molecule has 0 unspecified atom stereocenters. The fraction of sp³-hybridized carbons (Fsp3) is 0. The molecule has 0 N–H and O–H groups in total. The Morgan fingerprint density at radius 2 is 1.12 bits per heavy atom. The number of halogens is 1. The van der Waals surface area contributed by atoms with Crippen molar-refractivity contribution in [2.75, 3.05) is 0 Å². The fourth-order valence-corrected chi connectivity index (χ4v) is 3.39. The highest BCUT2D eigenvalue weighted by molar-refractivity contribution is 6.30. The van der Waals surface area contributed by atoms with Crippen LogP contribution in [0.5, 0.6) is 0 Å².